The number of hydrogen-bond acceptors (Lipinski definition) is 2. The SMILES string of the molecule is CCN(CC)CC#C[C@H](O)c1ccccc1. The van der Waals surface area contributed by atoms with Gasteiger partial charge in [0.15, 0.2) is 0 Å². The monoisotopic (exact) mass is 217 g/mol. The topological polar surface area (TPSA) is 23.5 Å². The molecular weight excluding hydrogens is 198 g/mol. The van der Waals surface area contributed by atoms with Gasteiger partial charge in [-0.2, -0.15) is 0 Å². The molecule has 1 aromatic rings. The van der Waals surface area contributed by atoms with Gasteiger partial charge in [-0.3, -0.25) is 4.90 Å². The van der Waals surface area contributed by atoms with Crippen molar-refractivity contribution in [3.05, 3.63) is 35.9 Å². The van der Waals surface area contributed by atoms with Crippen molar-refractivity contribution in [3.63, 3.8) is 0 Å². The van der Waals surface area contributed by atoms with Gasteiger partial charge < -0.3 is 5.11 Å². The quantitative estimate of drug-likeness (QED) is 0.780. The van der Waals surface area contributed by atoms with Crippen molar-refractivity contribution < 1.29 is 5.11 Å². The summed E-state index contributed by atoms with van der Waals surface area (Å²) >= 11 is 0. The molecule has 0 unspecified atom stereocenters. The summed E-state index contributed by atoms with van der Waals surface area (Å²) in [6, 6.07) is 9.52. The Morgan fingerprint density at radius 3 is 2.38 bits per heavy atom. The number of rotatable bonds is 4. The van der Waals surface area contributed by atoms with Crippen LogP contribution >= 0.6 is 0 Å². The lowest BCUT2D eigenvalue weighted by atomic mass is 10.1. The van der Waals surface area contributed by atoms with Crippen LogP contribution < -0.4 is 0 Å². The molecular formula is C14H19NO. The zero-order valence-electron chi connectivity index (χ0n) is 9.98. The highest BCUT2D eigenvalue weighted by Gasteiger charge is 2.01. The summed E-state index contributed by atoms with van der Waals surface area (Å²) in [6.07, 6.45) is -0.670. The second-order valence-electron chi connectivity index (χ2n) is 3.60. The third-order valence-corrected chi connectivity index (χ3v) is 2.55. The molecule has 0 aliphatic heterocycles. The molecule has 2 heteroatoms. The summed E-state index contributed by atoms with van der Waals surface area (Å²) in [5, 5.41) is 9.79. The van der Waals surface area contributed by atoms with Crippen LogP contribution in [-0.2, 0) is 0 Å². The Morgan fingerprint density at radius 2 is 1.81 bits per heavy atom. The second-order valence-corrected chi connectivity index (χ2v) is 3.60. The van der Waals surface area contributed by atoms with Crippen molar-refractivity contribution in [1.29, 1.82) is 0 Å². The number of aliphatic hydroxyl groups excluding tert-OH is 1. The molecule has 0 saturated carbocycles. The van der Waals surface area contributed by atoms with E-state index in [1.54, 1.807) is 0 Å². The minimum Gasteiger partial charge on any atom is -0.376 e. The van der Waals surface area contributed by atoms with Crippen molar-refractivity contribution in [2.24, 2.45) is 0 Å². The fourth-order valence-corrected chi connectivity index (χ4v) is 1.42. The summed E-state index contributed by atoms with van der Waals surface area (Å²) in [6.45, 7) is 6.92. The predicted molar refractivity (Wildman–Crippen MR) is 67.0 cm³/mol. The van der Waals surface area contributed by atoms with Crippen LogP contribution in [0.4, 0.5) is 0 Å². The van der Waals surface area contributed by atoms with E-state index in [1.165, 1.54) is 0 Å². The van der Waals surface area contributed by atoms with Crippen LogP contribution in [0.5, 0.6) is 0 Å². The first-order valence-electron chi connectivity index (χ1n) is 5.71. The Kier molecular flexibility index (Phi) is 5.63. The van der Waals surface area contributed by atoms with Gasteiger partial charge in [-0.15, -0.1) is 0 Å². The van der Waals surface area contributed by atoms with Crippen LogP contribution in [0, 0.1) is 11.8 Å². The van der Waals surface area contributed by atoms with Crippen molar-refractivity contribution >= 4 is 0 Å². The normalized spacial score (nSPS) is 12.0. The van der Waals surface area contributed by atoms with E-state index in [9.17, 15) is 5.11 Å². The van der Waals surface area contributed by atoms with Crippen LogP contribution in [0.25, 0.3) is 0 Å². The van der Waals surface area contributed by atoms with Gasteiger partial charge in [0, 0.05) is 0 Å². The molecule has 1 atom stereocenters. The Morgan fingerprint density at radius 1 is 1.19 bits per heavy atom. The second kappa shape index (κ2) is 7.05. The molecule has 2 nitrogen and oxygen atoms in total. The predicted octanol–water partition coefficient (Wildman–Crippen LogP) is 2.07. The summed E-state index contributed by atoms with van der Waals surface area (Å²) in [7, 11) is 0. The largest absolute Gasteiger partial charge is 0.376 e. The minimum atomic E-state index is -0.670. The number of benzene rings is 1. The molecule has 0 aliphatic rings. The molecule has 0 spiro atoms. The Hall–Kier alpha value is -1.30. The van der Waals surface area contributed by atoms with Gasteiger partial charge >= 0.3 is 0 Å². The average molecular weight is 217 g/mol. The van der Waals surface area contributed by atoms with Crippen molar-refractivity contribution in [1.82, 2.24) is 4.90 Å². The van der Waals surface area contributed by atoms with Crippen molar-refractivity contribution in [2.75, 3.05) is 19.6 Å². The van der Waals surface area contributed by atoms with Gasteiger partial charge in [0.25, 0.3) is 0 Å². The molecule has 0 fully saturated rings. The molecule has 0 heterocycles. The first-order valence-corrected chi connectivity index (χ1v) is 5.71. The van der Waals surface area contributed by atoms with E-state index >= 15 is 0 Å². The highest BCUT2D eigenvalue weighted by molar-refractivity contribution is 5.24. The van der Waals surface area contributed by atoms with Crippen LogP contribution in [0.15, 0.2) is 30.3 Å². The van der Waals surface area contributed by atoms with Gasteiger partial charge in [-0.25, -0.2) is 0 Å². The fraction of sp³-hybridized carbons (Fsp3) is 0.429. The summed E-state index contributed by atoms with van der Waals surface area (Å²) in [4.78, 5) is 2.21. The molecule has 0 amide bonds. The van der Waals surface area contributed by atoms with Gasteiger partial charge in [0.2, 0.25) is 0 Å². The zero-order valence-corrected chi connectivity index (χ0v) is 9.98. The number of aliphatic hydroxyl groups is 1. The first-order chi connectivity index (χ1) is 7.77. The Balaban J connectivity index is 2.51. The van der Waals surface area contributed by atoms with E-state index in [0.29, 0.717) is 0 Å². The maximum Gasteiger partial charge on any atom is 0.140 e. The van der Waals surface area contributed by atoms with Crippen LogP contribution in [0.1, 0.15) is 25.5 Å². The summed E-state index contributed by atoms with van der Waals surface area (Å²) < 4.78 is 0. The number of hydrogen-bond donors (Lipinski definition) is 1. The summed E-state index contributed by atoms with van der Waals surface area (Å²) in [5.74, 6) is 5.87. The molecule has 1 rings (SSSR count). The van der Waals surface area contributed by atoms with Crippen molar-refractivity contribution in [2.45, 2.75) is 20.0 Å². The standard InChI is InChI=1S/C14H19NO/c1-3-15(4-2)12-8-11-14(16)13-9-6-5-7-10-13/h5-7,9-10,14,16H,3-4,12H2,1-2H3/t14-/m0/s1. The molecule has 0 radical (unpaired) electrons. The average Bonchev–Trinajstić information content (AvgIpc) is 2.35. The third-order valence-electron chi connectivity index (χ3n) is 2.55. The smallest absolute Gasteiger partial charge is 0.140 e. The number of nitrogens with zero attached hydrogens (tertiary/aromatic N) is 1. The molecule has 0 bridgehead atoms. The molecule has 1 N–H and O–H groups in total. The van der Waals surface area contributed by atoms with Crippen molar-refractivity contribution in [3.8, 4) is 11.8 Å². The lowest BCUT2D eigenvalue weighted by Crippen LogP contribution is -2.22. The van der Waals surface area contributed by atoms with Crippen LogP contribution in [0.3, 0.4) is 0 Å². The van der Waals surface area contributed by atoms with E-state index in [-0.39, 0.29) is 0 Å². The first kappa shape index (κ1) is 12.8. The molecule has 0 saturated heterocycles. The van der Waals surface area contributed by atoms with E-state index in [0.717, 1.165) is 25.2 Å². The fourth-order valence-electron chi connectivity index (χ4n) is 1.42. The van der Waals surface area contributed by atoms with E-state index in [1.807, 2.05) is 30.3 Å². The van der Waals surface area contributed by atoms with Gasteiger partial charge in [-0.1, -0.05) is 56.0 Å². The minimum absolute atomic E-state index is 0.670. The molecule has 0 aromatic heterocycles. The Labute approximate surface area is 97.9 Å². The third kappa shape index (κ3) is 4.06. The van der Waals surface area contributed by atoms with Gasteiger partial charge in [0.1, 0.15) is 6.10 Å². The van der Waals surface area contributed by atoms with Gasteiger partial charge in [-0.05, 0) is 18.7 Å². The maximum absolute atomic E-state index is 9.79. The highest BCUT2D eigenvalue weighted by Crippen LogP contribution is 2.09. The lowest BCUT2D eigenvalue weighted by Gasteiger charge is -2.13. The lowest BCUT2D eigenvalue weighted by molar-refractivity contribution is 0.238. The molecule has 86 valence electrons. The molecule has 0 aliphatic carbocycles. The van der Waals surface area contributed by atoms with E-state index in [2.05, 4.69) is 30.6 Å². The van der Waals surface area contributed by atoms with Gasteiger partial charge in [0.05, 0.1) is 6.54 Å². The highest BCUT2D eigenvalue weighted by atomic mass is 16.3. The van der Waals surface area contributed by atoms with Crippen LogP contribution in [-0.4, -0.2) is 29.6 Å². The molecule has 1 aromatic carbocycles. The van der Waals surface area contributed by atoms with E-state index < -0.39 is 6.10 Å². The van der Waals surface area contributed by atoms with Crippen LogP contribution in [0.2, 0.25) is 0 Å². The zero-order chi connectivity index (χ0) is 11.8. The Bertz CT molecular complexity index is 346. The van der Waals surface area contributed by atoms with E-state index in [4.69, 9.17) is 0 Å². The summed E-state index contributed by atoms with van der Waals surface area (Å²) in [5.41, 5.74) is 0.856. The maximum atomic E-state index is 9.79. The molecule has 16 heavy (non-hydrogen) atoms.